The molecule has 0 bridgehead atoms. The molecule has 4 aromatic carbocycles. The zero-order chi connectivity index (χ0) is 33.6. The molecule has 50 heavy (non-hydrogen) atoms. The van der Waals surface area contributed by atoms with E-state index in [0.717, 1.165) is 85.4 Å². The quantitative estimate of drug-likeness (QED) is 0.162. The summed E-state index contributed by atoms with van der Waals surface area (Å²) in [4.78, 5) is 10.7. The first kappa shape index (κ1) is 30.3. The van der Waals surface area contributed by atoms with E-state index in [2.05, 4.69) is 134 Å². The van der Waals surface area contributed by atoms with E-state index in [0.29, 0.717) is 11.8 Å². The average molecular weight is 647 g/mol. The number of benzene rings is 4. The number of rotatable bonds is 7. The Labute approximate surface area is 293 Å². The van der Waals surface area contributed by atoms with Gasteiger partial charge < -0.3 is 4.42 Å². The van der Waals surface area contributed by atoms with Crippen molar-refractivity contribution in [2.45, 2.75) is 32.6 Å². The number of para-hydroxylation sites is 1. The van der Waals surface area contributed by atoms with Crippen LogP contribution in [0.1, 0.15) is 49.7 Å². The number of aromatic nitrogens is 2. The lowest BCUT2D eigenvalue weighted by molar-refractivity contribution is 0.290. The molecule has 3 heteroatoms. The molecule has 1 saturated carbocycles. The second-order valence-corrected chi connectivity index (χ2v) is 13.6. The van der Waals surface area contributed by atoms with Crippen LogP contribution in [0, 0.1) is 11.8 Å². The summed E-state index contributed by atoms with van der Waals surface area (Å²) in [6.45, 7) is 6.71. The van der Waals surface area contributed by atoms with Gasteiger partial charge in [0.2, 0.25) is 0 Å². The predicted octanol–water partition coefficient (Wildman–Crippen LogP) is 12.5. The summed E-state index contributed by atoms with van der Waals surface area (Å²) in [5, 5.41) is 2.27. The first-order valence-corrected chi connectivity index (χ1v) is 17.8. The molecule has 1 unspecified atom stereocenters. The number of hydrogen-bond donors (Lipinski definition) is 0. The fraction of sp³-hybridized carbons (Fsp3) is 0.149. The van der Waals surface area contributed by atoms with Crippen LogP contribution >= 0.6 is 0 Å². The number of hydrogen-bond acceptors (Lipinski definition) is 3. The van der Waals surface area contributed by atoms with E-state index in [9.17, 15) is 0 Å². The first-order valence-electron chi connectivity index (χ1n) is 17.8. The molecule has 0 radical (unpaired) electrons. The molecule has 0 aliphatic heterocycles. The van der Waals surface area contributed by atoms with E-state index in [1.165, 1.54) is 29.6 Å². The van der Waals surface area contributed by atoms with Crippen LogP contribution in [-0.2, 0) is 0 Å². The molecule has 6 aromatic rings. The maximum Gasteiger partial charge on any atom is 0.156 e. The van der Waals surface area contributed by atoms with Crippen LogP contribution in [0.15, 0.2) is 162 Å². The van der Waals surface area contributed by atoms with Gasteiger partial charge in [-0.05, 0) is 102 Å². The minimum absolute atomic E-state index is 0.483. The van der Waals surface area contributed by atoms with Crippen molar-refractivity contribution in [3.05, 3.63) is 174 Å². The molecular formula is C47H38N2O. The Bertz CT molecular complexity index is 2450. The van der Waals surface area contributed by atoms with Crippen molar-refractivity contribution in [3.8, 4) is 22.4 Å². The molecule has 0 saturated heterocycles. The van der Waals surface area contributed by atoms with Gasteiger partial charge in [-0.25, -0.2) is 9.97 Å². The second kappa shape index (κ2) is 12.6. The topological polar surface area (TPSA) is 38.9 Å². The molecule has 9 rings (SSSR count). The third-order valence-electron chi connectivity index (χ3n) is 10.7. The molecule has 0 spiro atoms. The van der Waals surface area contributed by atoms with E-state index >= 15 is 0 Å². The summed E-state index contributed by atoms with van der Waals surface area (Å²) in [6, 6.07) is 36.0. The number of nitrogens with zero attached hydrogens (tertiary/aromatic N) is 2. The molecule has 3 nitrogen and oxygen atoms in total. The van der Waals surface area contributed by atoms with Crippen molar-refractivity contribution in [2.75, 3.05) is 0 Å². The van der Waals surface area contributed by atoms with E-state index in [1.807, 2.05) is 19.1 Å². The minimum Gasteiger partial charge on any atom is -0.456 e. The van der Waals surface area contributed by atoms with Crippen LogP contribution in [0.3, 0.4) is 0 Å². The summed E-state index contributed by atoms with van der Waals surface area (Å²) in [5.41, 5.74) is 14.2. The SMILES string of the molecule is C=C(/C(=C\C=C/C)c1cc(-c2ccccc2)nc(C2=C3CCC=CC3=CC3CC[C@@H]23)n1)c1ccc(-c2ccc3oc4ccccc4c3c2)cc1. The zero-order valence-electron chi connectivity index (χ0n) is 28.3. The van der Waals surface area contributed by atoms with Gasteiger partial charge in [-0.2, -0.15) is 0 Å². The summed E-state index contributed by atoms with van der Waals surface area (Å²) in [6.07, 6.45) is 17.9. The third kappa shape index (κ3) is 5.31. The molecule has 2 aromatic heterocycles. The highest BCUT2D eigenvalue weighted by Crippen LogP contribution is 2.52. The lowest BCUT2D eigenvalue weighted by atomic mass is 9.63. The molecule has 0 N–H and O–H groups in total. The number of fused-ring (bicyclic) bond motifs is 5. The lowest BCUT2D eigenvalue weighted by Gasteiger charge is -2.42. The molecule has 2 heterocycles. The van der Waals surface area contributed by atoms with Crippen LogP contribution in [0.4, 0.5) is 0 Å². The molecule has 3 aliphatic carbocycles. The third-order valence-corrected chi connectivity index (χ3v) is 10.7. The summed E-state index contributed by atoms with van der Waals surface area (Å²) >= 11 is 0. The fourth-order valence-corrected chi connectivity index (χ4v) is 7.89. The maximum atomic E-state index is 6.08. The van der Waals surface area contributed by atoms with Gasteiger partial charge in [0.25, 0.3) is 0 Å². The first-order chi connectivity index (χ1) is 24.6. The van der Waals surface area contributed by atoms with Crippen molar-refractivity contribution in [3.63, 3.8) is 0 Å². The summed E-state index contributed by atoms with van der Waals surface area (Å²) in [5.74, 6) is 1.92. The van der Waals surface area contributed by atoms with Crippen LogP contribution in [-0.4, -0.2) is 9.97 Å². The molecule has 3 aliphatic rings. The molecule has 0 amide bonds. The van der Waals surface area contributed by atoms with Crippen LogP contribution in [0.25, 0.3) is 61.0 Å². The Kier molecular flexibility index (Phi) is 7.62. The largest absolute Gasteiger partial charge is 0.456 e. The Balaban J connectivity index is 1.12. The minimum atomic E-state index is 0.483. The van der Waals surface area contributed by atoms with Gasteiger partial charge in [-0.15, -0.1) is 0 Å². The van der Waals surface area contributed by atoms with Gasteiger partial charge in [0.15, 0.2) is 5.82 Å². The Morgan fingerprint density at radius 1 is 0.800 bits per heavy atom. The molecule has 242 valence electrons. The van der Waals surface area contributed by atoms with Crippen molar-refractivity contribution < 1.29 is 4.42 Å². The van der Waals surface area contributed by atoms with Crippen molar-refractivity contribution in [1.82, 2.24) is 9.97 Å². The number of furan rings is 1. The van der Waals surface area contributed by atoms with Crippen LogP contribution in [0.2, 0.25) is 0 Å². The standard InChI is InChI=1S/C47H38N2O/c1-3-4-15-37(30(2)31-19-21-32(22-20-31)34-24-26-45-41(28-34)40-17-10-11-18-44(40)50-45)43-29-42(33-12-6-5-7-13-33)48-47(49-43)46-38-16-9-8-14-35(38)27-36-23-25-39(36)46/h3-8,10-15,17-22,24,26-29,36,39H,2,9,16,23,25H2,1H3/b4-3-,37-15+/t36?,39-/m1/s1. The van der Waals surface area contributed by atoms with E-state index in [1.54, 1.807) is 0 Å². The van der Waals surface area contributed by atoms with Gasteiger partial charge in [-0.1, -0.05) is 122 Å². The van der Waals surface area contributed by atoms with E-state index in [4.69, 9.17) is 14.4 Å². The Morgan fingerprint density at radius 3 is 2.42 bits per heavy atom. The Hall–Kier alpha value is -5.80. The van der Waals surface area contributed by atoms with Crippen molar-refractivity contribution in [1.29, 1.82) is 0 Å². The second-order valence-electron chi connectivity index (χ2n) is 13.6. The summed E-state index contributed by atoms with van der Waals surface area (Å²) < 4.78 is 6.08. The predicted molar refractivity (Wildman–Crippen MR) is 208 cm³/mol. The van der Waals surface area contributed by atoms with Crippen molar-refractivity contribution >= 4 is 38.7 Å². The van der Waals surface area contributed by atoms with Gasteiger partial charge in [-0.3, -0.25) is 0 Å². The highest BCUT2D eigenvalue weighted by Gasteiger charge is 2.39. The molecule has 2 atom stereocenters. The fourth-order valence-electron chi connectivity index (χ4n) is 7.89. The molecule has 1 fully saturated rings. The highest BCUT2D eigenvalue weighted by molar-refractivity contribution is 6.07. The maximum absolute atomic E-state index is 6.08. The van der Waals surface area contributed by atoms with Gasteiger partial charge in [0, 0.05) is 27.5 Å². The lowest BCUT2D eigenvalue weighted by Crippen LogP contribution is -2.30. The van der Waals surface area contributed by atoms with E-state index in [-0.39, 0.29) is 0 Å². The zero-order valence-corrected chi connectivity index (χ0v) is 28.3. The van der Waals surface area contributed by atoms with E-state index < -0.39 is 0 Å². The smallest absolute Gasteiger partial charge is 0.156 e. The van der Waals surface area contributed by atoms with Crippen LogP contribution < -0.4 is 0 Å². The molecular weight excluding hydrogens is 609 g/mol. The number of allylic oxidation sites excluding steroid dienone is 11. The highest BCUT2D eigenvalue weighted by atomic mass is 16.3. The normalized spacial score (nSPS) is 18.7. The van der Waals surface area contributed by atoms with Crippen LogP contribution in [0.5, 0.6) is 0 Å². The Morgan fingerprint density at radius 2 is 1.60 bits per heavy atom. The van der Waals surface area contributed by atoms with Gasteiger partial charge in [0.05, 0.1) is 11.4 Å². The monoisotopic (exact) mass is 646 g/mol. The van der Waals surface area contributed by atoms with Crippen molar-refractivity contribution in [2.24, 2.45) is 11.8 Å². The average Bonchev–Trinajstić information content (AvgIpc) is 3.54. The van der Waals surface area contributed by atoms with Gasteiger partial charge in [0.1, 0.15) is 11.2 Å². The summed E-state index contributed by atoms with van der Waals surface area (Å²) in [7, 11) is 0. The van der Waals surface area contributed by atoms with Gasteiger partial charge >= 0.3 is 0 Å².